The van der Waals surface area contributed by atoms with Gasteiger partial charge in [-0.25, -0.2) is 0 Å². The molecule has 21 heavy (non-hydrogen) atoms. The van der Waals surface area contributed by atoms with Crippen LogP contribution in [0.3, 0.4) is 0 Å². The molecule has 0 spiro atoms. The topological polar surface area (TPSA) is 29.9 Å². The molecule has 1 heterocycles. The molecule has 3 aromatic rings. The van der Waals surface area contributed by atoms with Gasteiger partial charge in [-0.3, -0.25) is 4.68 Å². The van der Waals surface area contributed by atoms with Crippen LogP contribution in [0.5, 0.6) is 0 Å². The van der Waals surface area contributed by atoms with E-state index in [4.69, 9.17) is 0 Å². The summed E-state index contributed by atoms with van der Waals surface area (Å²) in [5.41, 5.74) is 2.57. The molecule has 0 saturated carbocycles. The van der Waals surface area contributed by atoms with Crippen LogP contribution in [0.25, 0.3) is 10.8 Å². The van der Waals surface area contributed by atoms with E-state index in [9.17, 15) is 0 Å². The molecule has 1 aromatic heterocycles. The summed E-state index contributed by atoms with van der Waals surface area (Å²) in [4.78, 5) is 0. The van der Waals surface area contributed by atoms with E-state index >= 15 is 0 Å². The summed E-state index contributed by atoms with van der Waals surface area (Å²) in [6.07, 6.45) is 1.86. The van der Waals surface area contributed by atoms with E-state index in [-0.39, 0.29) is 0 Å². The largest absolute Gasteiger partial charge is 0.305 e. The zero-order valence-corrected chi connectivity index (χ0v) is 12.6. The zero-order valence-electron chi connectivity index (χ0n) is 12.6. The normalized spacial score (nSPS) is 12.7. The van der Waals surface area contributed by atoms with Crippen molar-refractivity contribution in [1.82, 2.24) is 15.1 Å². The van der Waals surface area contributed by atoms with Gasteiger partial charge in [0.1, 0.15) is 0 Å². The van der Waals surface area contributed by atoms with Gasteiger partial charge in [0.2, 0.25) is 0 Å². The molecule has 3 heteroatoms. The Morgan fingerprint density at radius 3 is 2.76 bits per heavy atom. The highest BCUT2D eigenvalue weighted by Gasteiger charge is 2.09. The van der Waals surface area contributed by atoms with Crippen molar-refractivity contribution in [3.63, 3.8) is 0 Å². The molecule has 0 bridgehead atoms. The minimum atomic E-state index is 0.302. The lowest BCUT2D eigenvalue weighted by molar-refractivity contribution is 0.533. The van der Waals surface area contributed by atoms with Gasteiger partial charge in [0.15, 0.2) is 0 Å². The van der Waals surface area contributed by atoms with Crippen molar-refractivity contribution < 1.29 is 0 Å². The second-order valence-electron chi connectivity index (χ2n) is 5.31. The lowest BCUT2D eigenvalue weighted by Gasteiger charge is -2.17. The molecule has 1 atom stereocenters. The number of aryl methyl sites for hydroxylation is 1. The SMILES string of the molecule is CCn1nccc1CNC(C)c1cccc2ccccc12. The predicted molar refractivity (Wildman–Crippen MR) is 87.1 cm³/mol. The first kappa shape index (κ1) is 13.8. The molecule has 0 aliphatic heterocycles. The van der Waals surface area contributed by atoms with E-state index in [0.29, 0.717) is 6.04 Å². The van der Waals surface area contributed by atoms with Crippen molar-refractivity contribution in [3.8, 4) is 0 Å². The number of fused-ring (bicyclic) bond motifs is 1. The van der Waals surface area contributed by atoms with Crippen LogP contribution in [0.2, 0.25) is 0 Å². The second kappa shape index (κ2) is 6.10. The molecule has 1 unspecified atom stereocenters. The molecule has 0 fully saturated rings. The summed E-state index contributed by atoms with van der Waals surface area (Å²) < 4.78 is 2.03. The second-order valence-corrected chi connectivity index (χ2v) is 5.31. The van der Waals surface area contributed by atoms with Gasteiger partial charge < -0.3 is 5.32 Å². The first-order chi connectivity index (χ1) is 10.3. The van der Waals surface area contributed by atoms with Crippen LogP contribution in [0, 0.1) is 0 Å². The molecule has 0 aliphatic rings. The van der Waals surface area contributed by atoms with Gasteiger partial charge in [0, 0.05) is 25.3 Å². The van der Waals surface area contributed by atoms with Gasteiger partial charge in [-0.1, -0.05) is 42.5 Å². The van der Waals surface area contributed by atoms with Gasteiger partial charge in [-0.05, 0) is 36.2 Å². The quantitative estimate of drug-likeness (QED) is 0.767. The van der Waals surface area contributed by atoms with E-state index in [1.165, 1.54) is 22.0 Å². The van der Waals surface area contributed by atoms with Crippen LogP contribution in [0.4, 0.5) is 0 Å². The minimum absolute atomic E-state index is 0.302. The smallest absolute Gasteiger partial charge is 0.0522 e. The number of nitrogens with zero attached hydrogens (tertiary/aromatic N) is 2. The number of rotatable bonds is 5. The monoisotopic (exact) mass is 279 g/mol. The van der Waals surface area contributed by atoms with Gasteiger partial charge in [0.05, 0.1) is 5.69 Å². The van der Waals surface area contributed by atoms with Gasteiger partial charge >= 0.3 is 0 Å². The highest BCUT2D eigenvalue weighted by molar-refractivity contribution is 5.86. The van der Waals surface area contributed by atoms with E-state index in [0.717, 1.165) is 13.1 Å². The van der Waals surface area contributed by atoms with E-state index in [1.807, 2.05) is 10.9 Å². The average molecular weight is 279 g/mol. The Morgan fingerprint density at radius 2 is 1.90 bits per heavy atom. The highest BCUT2D eigenvalue weighted by atomic mass is 15.3. The predicted octanol–water partition coefficient (Wildman–Crippen LogP) is 3.91. The number of hydrogen-bond donors (Lipinski definition) is 1. The molecular weight excluding hydrogens is 258 g/mol. The Morgan fingerprint density at radius 1 is 1.10 bits per heavy atom. The highest BCUT2D eigenvalue weighted by Crippen LogP contribution is 2.24. The summed E-state index contributed by atoms with van der Waals surface area (Å²) in [7, 11) is 0. The van der Waals surface area contributed by atoms with Crippen molar-refractivity contribution >= 4 is 10.8 Å². The lowest BCUT2D eigenvalue weighted by Crippen LogP contribution is -2.20. The lowest BCUT2D eigenvalue weighted by atomic mass is 10.00. The maximum atomic E-state index is 4.31. The summed E-state index contributed by atoms with van der Waals surface area (Å²) in [5, 5.41) is 10.5. The van der Waals surface area contributed by atoms with Crippen LogP contribution in [0.15, 0.2) is 54.7 Å². The molecular formula is C18H21N3. The minimum Gasteiger partial charge on any atom is -0.305 e. The van der Waals surface area contributed by atoms with Gasteiger partial charge in [-0.15, -0.1) is 0 Å². The Bertz CT molecular complexity index is 725. The summed E-state index contributed by atoms with van der Waals surface area (Å²) in [6, 6.07) is 17.4. The van der Waals surface area contributed by atoms with E-state index in [2.05, 4.69) is 72.8 Å². The van der Waals surface area contributed by atoms with Gasteiger partial charge in [-0.2, -0.15) is 5.10 Å². The summed E-state index contributed by atoms with van der Waals surface area (Å²) in [6.45, 7) is 6.07. The van der Waals surface area contributed by atoms with Crippen molar-refractivity contribution in [2.75, 3.05) is 0 Å². The van der Waals surface area contributed by atoms with E-state index < -0.39 is 0 Å². The van der Waals surface area contributed by atoms with Crippen LogP contribution in [0.1, 0.15) is 31.1 Å². The van der Waals surface area contributed by atoms with Crippen LogP contribution < -0.4 is 5.32 Å². The third-order valence-corrected chi connectivity index (χ3v) is 3.98. The molecule has 108 valence electrons. The molecule has 3 nitrogen and oxygen atoms in total. The third kappa shape index (κ3) is 2.83. The molecule has 1 N–H and O–H groups in total. The fourth-order valence-corrected chi connectivity index (χ4v) is 2.79. The first-order valence-electron chi connectivity index (χ1n) is 7.51. The number of hydrogen-bond acceptors (Lipinski definition) is 2. The standard InChI is InChI=1S/C18H21N3/c1-3-21-16(11-12-20-21)13-19-14(2)17-10-6-8-15-7-4-5-9-18(15)17/h4-12,14,19H,3,13H2,1-2H3. The Labute approximate surface area is 125 Å². The number of aromatic nitrogens is 2. The third-order valence-electron chi connectivity index (χ3n) is 3.98. The maximum absolute atomic E-state index is 4.31. The fraction of sp³-hybridized carbons (Fsp3) is 0.278. The summed E-state index contributed by atoms with van der Waals surface area (Å²) in [5.74, 6) is 0. The molecule has 2 aromatic carbocycles. The van der Waals surface area contributed by atoms with Crippen LogP contribution >= 0.6 is 0 Å². The Hall–Kier alpha value is -2.13. The molecule has 0 radical (unpaired) electrons. The van der Waals surface area contributed by atoms with Crippen molar-refractivity contribution in [3.05, 3.63) is 66.0 Å². The number of benzene rings is 2. The molecule has 0 amide bonds. The average Bonchev–Trinajstić information content (AvgIpc) is 2.99. The van der Waals surface area contributed by atoms with Crippen LogP contribution in [-0.4, -0.2) is 9.78 Å². The molecule has 0 aliphatic carbocycles. The maximum Gasteiger partial charge on any atom is 0.0522 e. The first-order valence-corrected chi connectivity index (χ1v) is 7.51. The molecule has 3 rings (SSSR count). The summed E-state index contributed by atoms with van der Waals surface area (Å²) >= 11 is 0. The zero-order chi connectivity index (χ0) is 14.7. The van der Waals surface area contributed by atoms with Gasteiger partial charge in [0.25, 0.3) is 0 Å². The van der Waals surface area contributed by atoms with Crippen LogP contribution in [-0.2, 0) is 13.1 Å². The Kier molecular flexibility index (Phi) is 4.02. The van der Waals surface area contributed by atoms with Crippen molar-refractivity contribution in [2.24, 2.45) is 0 Å². The van der Waals surface area contributed by atoms with E-state index in [1.54, 1.807) is 0 Å². The van der Waals surface area contributed by atoms with Crippen molar-refractivity contribution in [2.45, 2.75) is 33.0 Å². The Balaban J connectivity index is 1.80. The number of nitrogens with one attached hydrogen (secondary N) is 1. The fourth-order valence-electron chi connectivity index (χ4n) is 2.79. The molecule has 0 saturated heterocycles. The van der Waals surface area contributed by atoms with Crippen molar-refractivity contribution in [1.29, 1.82) is 0 Å².